The van der Waals surface area contributed by atoms with Gasteiger partial charge in [0.2, 0.25) is 0 Å². The van der Waals surface area contributed by atoms with Crippen molar-refractivity contribution in [1.82, 2.24) is 0 Å². The number of fused-ring (bicyclic) bond motifs is 1. The van der Waals surface area contributed by atoms with E-state index in [4.69, 9.17) is 4.74 Å². The Bertz CT molecular complexity index is 717. The lowest BCUT2D eigenvalue weighted by Crippen LogP contribution is -2.47. The molecular formula is C25H38O5. The molecule has 0 amide bonds. The van der Waals surface area contributed by atoms with Gasteiger partial charge in [0.1, 0.15) is 6.10 Å². The monoisotopic (exact) mass is 418 g/mol. The van der Waals surface area contributed by atoms with Gasteiger partial charge in [-0.25, -0.2) is 0 Å². The first-order chi connectivity index (χ1) is 14.2. The van der Waals surface area contributed by atoms with E-state index in [1.54, 1.807) is 0 Å². The minimum absolute atomic E-state index is 0.0773. The molecule has 3 rings (SSSR count). The molecule has 0 aromatic rings. The van der Waals surface area contributed by atoms with E-state index >= 15 is 0 Å². The van der Waals surface area contributed by atoms with Crippen LogP contribution in [-0.4, -0.2) is 34.4 Å². The maximum atomic E-state index is 12.5. The number of cyclic esters (lactones) is 1. The number of hydrogen-bond donors (Lipinski definition) is 2. The summed E-state index contributed by atoms with van der Waals surface area (Å²) in [5.74, 6) is 0.123. The molecule has 1 aliphatic heterocycles. The SMILES string of the molecule is CCC(CC)(C(=O)O)[C@H]1CC(C)=CC2=CCC(C)[C@H](CC[C@@H]3C[C@@H](O)CC(=O)O3)[C@@H]21. The van der Waals surface area contributed by atoms with Gasteiger partial charge in [-0.15, -0.1) is 0 Å². The van der Waals surface area contributed by atoms with E-state index in [0.29, 0.717) is 31.1 Å². The van der Waals surface area contributed by atoms with E-state index in [-0.39, 0.29) is 30.3 Å². The average molecular weight is 419 g/mol. The molecule has 1 heterocycles. The Labute approximate surface area is 180 Å². The standard InChI is InChI=1S/C25H38O5/c1-5-25(6-2,24(28)29)21-12-15(3)11-17-8-7-16(4)20(23(17)21)10-9-19-13-18(26)14-22(27)30-19/h8,11,16,18-21,23,26H,5-7,9-10,12-14H2,1-4H3,(H,28,29)/t16?,18-,19-,20+,21+,23-/m1/s1. The summed E-state index contributed by atoms with van der Waals surface area (Å²) in [5, 5.41) is 20.2. The van der Waals surface area contributed by atoms with Gasteiger partial charge in [0.25, 0.3) is 0 Å². The molecule has 0 saturated carbocycles. The van der Waals surface area contributed by atoms with Crippen LogP contribution < -0.4 is 0 Å². The van der Waals surface area contributed by atoms with Gasteiger partial charge < -0.3 is 14.9 Å². The maximum absolute atomic E-state index is 12.5. The van der Waals surface area contributed by atoms with Crippen LogP contribution in [0.25, 0.3) is 0 Å². The van der Waals surface area contributed by atoms with Gasteiger partial charge in [0.05, 0.1) is 17.9 Å². The third kappa shape index (κ3) is 4.37. The predicted molar refractivity (Wildman–Crippen MR) is 116 cm³/mol. The summed E-state index contributed by atoms with van der Waals surface area (Å²) < 4.78 is 5.49. The third-order valence-electron chi connectivity index (χ3n) is 8.15. The highest BCUT2D eigenvalue weighted by Crippen LogP contribution is 2.55. The maximum Gasteiger partial charge on any atom is 0.309 e. The zero-order valence-corrected chi connectivity index (χ0v) is 18.9. The first-order valence-corrected chi connectivity index (χ1v) is 11.7. The number of carboxylic acid groups (broad SMARTS) is 1. The molecule has 0 bridgehead atoms. The number of carbonyl (C=O) groups is 2. The Kier molecular flexibility index (Phi) is 7.11. The molecule has 2 aliphatic carbocycles. The summed E-state index contributed by atoms with van der Waals surface area (Å²) in [6.07, 6.45) is 9.07. The van der Waals surface area contributed by atoms with E-state index in [2.05, 4.69) is 26.0 Å². The summed E-state index contributed by atoms with van der Waals surface area (Å²) in [6.45, 7) is 8.41. The smallest absolute Gasteiger partial charge is 0.309 e. The number of aliphatic hydroxyl groups excluding tert-OH is 1. The second kappa shape index (κ2) is 9.25. The Balaban J connectivity index is 1.88. The molecule has 1 saturated heterocycles. The Morgan fingerprint density at radius 2 is 1.93 bits per heavy atom. The van der Waals surface area contributed by atoms with Crippen molar-refractivity contribution in [2.75, 3.05) is 0 Å². The first-order valence-electron chi connectivity index (χ1n) is 11.7. The number of ether oxygens (including phenoxy) is 1. The molecule has 3 aliphatic rings. The first kappa shape index (κ1) is 23.1. The van der Waals surface area contributed by atoms with Crippen molar-refractivity contribution < 1.29 is 24.5 Å². The van der Waals surface area contributed by atoms with Gasteiger partial charge >= 0.3 is 11.9 Å². The largest absolute Gasteiger partial charge is 0.481 e. The van der Waals surface area contributed by atoms with Crippen molar-refractivity contribution >= 4 is 11.9 Å². The lowest BCUT2D eigenvalue weighted by atomic mass is 9.54. The fourth-order valence-electron chi connectivity index (χ4n) is 6.39. The molecule has 168 valence electrons. The number of carboxylic acids is 1. The van der Waals surface area contributed by atoms with E-state index < -0.39 is 17.5 Å². The van der Waals surface area contributed by atoms with Gasteiger partial charge in [0.15, 0.2) is 0 Å². The number of rotatable bonds is 7. The zero-order valence-electron chi connectivity index (χ0n) is 18.9. The number of aliphatic hydroxyl groups is 1. The van der Waals surface area contributed by atoms with Crippen LogP contribution in [0.15, 0.2) is 23.3 Å². The molecule has 1 fully saturated rings. The van der Waals surface area contributed by atoms with E-state index in [9.17, 15) is 19.8 Å². The molecule has 5 heteroatoms. The van der Waals surface area contributed by atoms with Crippen LogP contribution in [0.4, 0.5) is 0 Å². The second-order valence-electron chi connectivity index (χ2n) is 9.86. The molecule has 1 unspecified atom stereocenters. The van der Waals surface area contributed by atoms with Crippen LogP contribution in [0.2, 0.25) is 0 Å². The summed E-state index contributed by atoms with van der Waals surface area (Å²) in [6, 6.07) is 0. The van der Waals surface area contributed by atoms with Crippen LogP contribution in [0, 0.1) is 29.1 Å². The summed E-state index contributed by atoms with van der Waals surface area (Å²) in [4.78, 5) is 24.2. The fourth-order valence-corrected chi connectivity index (χ4v) is 6.39. The molecule has 2 N–H and O–H groups in total. The highest BCUT2D eigenvalue weighted by molar-refractivity contribution is 5.75. The van der Waals surface area contributed by atoms with Gasteiger partial charge in [-0.3, -0.25) is 9.59 Å². The van der Waals surface area contributed by atoms with Crippen molar-refractivity contribution in [3.8, 4) is 0 Å². The molecule has 30 heavy (non-hydrogen) atoms. The molecule has 5 nitrogen and oxygen atoms in total. The fraction of sp³-hybridized carbons (Fsp3) is 0.760. The van der Waals surface area contributed by atoms with Crippen molar-refractivity contribution in [1.29, 1.82) is 0 Å². The van der Waals surface area contributed by atoms with Crippen LogP contribution in [0.1, 0.15) is 79.1 Å². The zero-order chi connectivity index (χ0) is 22.1. The van der Waals surface area contributed by atoms with Gasteiger partial charge in [0, 0.05) is 6.42 Å². The molecule has 6 atom stereocenters. The van der Waals surface area contributed by atoms with Crippen LogP contribution in [0.3, 0.4) is 0 Å². The lowest BCUT2D eigenvalue weighted by Gasteiger charge is -2.50. The Morgan fingerprint density at radius 1 is 1.23 bits per heavy atom. The molecule has 0 aromatic heterocycles. The van der Waals surface area contributed by atoms with Gasteiger partial charge in [-0.1, -0.05) is 38.5 Å². The highest BCUT2D eigenvalue weighted by atomic mass is 16.5. The number of hydrogen-bond acceptors (Lipinski definition) is 4. The lowest BCUT2D eigenvalue weighted by molar-refractivity contribution is -0.161. The Hall–Kier alpha value is -1.62. The quantitative estimate of drug-likeness (QED) is 0.575. The number of allylic oxidation sites excluding steroid dienone is 4. The summed E-state index contributed by atoms with van der Waals surface area (Å²) in [7, 11) is 0. The molecule has 0 spiro atoms. The van der Waals surface area contributed by atoms with Crippen molar-refractivity contribution in [2.24, 2.45) is 29.1 Å². The molecular weight excluding hydrogens is 380 g/mol. The van der Waals surface area contributed by atoms with Crippen LogP contribution in [0.5, 0.6) is 0 Å². The summed E-state index contributed by atoms with van der Waals surface area (Å²) in [5.41, 5.74) is 1.86. The van der Waals surface area contributed by atoms with Crippen molar-refractivity contribution in [2.45, 2.75) is 91.3 Å². The topological polar surface area (TPSA) is 83.8 Å². The number of aliphatic carboxylic acids is 1. The number of carbonyl (C=O) groups excluding carboxylic acids is 1. The van der Waals surface area contributed by atoms with Crippen LogP contribution >= 0.6 is 0 Å². The van der Waals surface area contributed by atoms with Gasteiger partial charge in [-0.2, -0.15) is 0 Å². The van der Waals surface area contributed by atoms with E-state index in [1.165, 1.54) is 11.1 Å². The number of esters is 1. The normalized spacial score (nSPS) is 34.5. The highest BCUT2D eigenvalue weighted by Gasteiger charge is 2.51. The van der Waals surface area contributed by atoms with E-state index in [1.807, 2.05) is 13.8 Å². The Morgan fingerprint density at radius 3 is 2.53 bits per heavy atom. The van der Waals surface area contributed by atoms with Gasteiger partial charge in [-0.05, 0) is 74.7 Å². The minimum atomic E-state index is -0.720. The second-order valence-corrected chi connectivity index (χ2v) is 9.86. The molecule has 0 aromatic carbocycles. The molecule has 0 radical (unpaired) electrons. The minimum Gasteiger partial charge on any atom is -0.481 e. The van der Waals surface area contributed by atoms with Crippen molar-refractivity contribution in [3.05, 3.63) is 23.3 Å². The van der Waals surface area contributed by atoms with E-state index in [0.717, 1.165) is 25.7 Å². The average Bonchev–Trinajstić information content (AvgIpc) is 2.67. The van der Waals surface area contributed by atoms with Crippen molar-refractivity contribution in [3.63, 3.8) is 0 Å². The third-order valence-corrected chi connectivity index (χ3v) is 8.15. The van der Waals surface area contributed by atoms with Crippen LogP contribution in [-0.2, 0) is 14.3 Å². The summed E-state index contributed by atoms with van der Waals surface area (Å²) >= 11 is 0. The predicted octanol–water partition coefficient (Wildman–Crippen LogP) is 4.89.